The molecule has 1 atom stereocenters. The number of aromatic nitrogens is 2. The maximum atomic E-state index is 7.23. The summed E-state index contributed by atoms with van der Waals surface area (Å²) >= 11 is 0. The van der Waals surface area contributed by atoms with Gasteiger partial charge < -0.3 is 4.74 Å². The number of ether oxygens (including phenoxy) is 1. The molecule has 276 valence electrons. The van der Waals surface area contributed by atoms with Crippen LogP contribution in [0.2, 0.25) is 0 Å². The van der Waals surface area contributed by atoms with Gasteiger partial charge in [0.2, 0.25) is 0 Å². The van der Waals surface area contributed by atoms with Crippen molar-refractivity contribution < 1.29 is 4.74 Å². The summed E-state index contributed by atoms with van der Waals surface area (Å²) in [7, 11) is 0. The van der Waals surface area contributed by atoms with E-state index >= 15 is 0 Å². The lowest BCUT2D eigenvalue weighted by Crippen LogP contribution is -2.39. The fourth-order valence-electron chi connectivity index (χ4n) is 9.79. The van der Waals surface area contributed by atoms with Crippen LogP contribution in [0, 0.1) is 0 Å². The van der Waals surface area contributed by atoms with Gasteiger partial charge in [0.25, 0.3) is 0 Å². The van der Waals surface area contributed by atoms with Gasteiger partial charge in [-0.15, -0.1) is 0 Å². The number of fused-ring (bicyclic) bond motifs is 12. The molecule has 2 aliphatic carbocycles. The molecule has 3 aliphatic rings. The van der Waals surface area contributed by atoms with Crippen molar-refractivity contribution in [3.63, 3.8) is 0 Å². The fourth-order valence-corrected chi connectivity index (χ4v) is 9.79. The zero-order chi connectivity index (χ0) is 38.9. The molecule has 3 nitrogen and oxygen atoms in total. The van der Waals surface area contributed by atoms with E-state index < -0.39 is 5.41 Å². The topological polar surface area (TPSA) is 35.0 Å². The van der Waals surface area contributed by atoms with E-state index in [-0.39, 0.29) is 0 Å². The molecule has 59 heavy (non-hydrogen) atoms. The number of allylic oxidation sites excluding steroid dienone is 1. The molecule has 0 fully saturated rings. The van der Waals surface area contributed by atoms with E-state index in [4.69, 9.17) is 14.7 Å². The first-order chi connectivity index (χ1) is 29.3. The average Bonchev–Trinajstić information content (AvgIpc) is 3.47. The van der Waals surface area contributed by atoms with Crippen molar-refractivity contribution >= 4 is 22.6 Å². The lowest BCUT2D eigenvalue weighted by atomic mass is 9.64. The molecule has 3 heteroatoms. The first kappa shape index (κ1) is 33.5. The minimum Gasteiger partial charge on any atom is -0.455 e. The number of hydrogen-bond acceptors (Lipinski definition) is 3. The van der Waals surface area contributed by atoms with Crippen LogP contribution in [-0.2, 0) is 5.41 Å². The van der Waals surface area contributed by atoms with Gasteiger partial charge in [-0.1, -0.05) is 200 Å². The van der Waals surface area contributed by atoms with Crippen molar-refractivity contribution in [1.82, 2.24) is 9.97 Å². The smallest absolute Gasteiger partial charge is 0.160 e. The highest BCUT2D eigenvalue weighted by Crippen LogP contribution is 2.64. The third-order valence-corrected chi connectivity index (χ3v) is 12.4. The van der Waals surface area contributed by atoms with Crippen molar-refractivity contribution in [1.29, 1.82) is 0 Å². The minimum absolute atomic E-state index is 0.594. The molecule has 1 aromatic heterocycles. The number of rotatable bonds is 4. The van der Waals surface area contributed by atoms with Gasteiger partial charge in [0.05, 0.1) is 16.8 Å². The predicted octanol–water partition coefficient (Wildman–Crippen LogP) is 11.9. The molecule has 0 bridgehead atoms. The molecule has 0 N–H and O–H groups in total. The van der Waals surface area contributed by atoms with E-state index in [2.05, 4.69) is 182 Å². The third kappa shape index (κ3) is 5.08. The highest BCUT2D eigenvalue weighted by molar-refractivity contribution is 6.01. The van der Waals surface area contributed by atoms with Crippen LogP contribution < -0.4 is 15.2 Å². The second kappa shape index (κ2) is 13.2. The zero-order valence-electron chi connectivity index (χ0n) is 32.1. The van der Waals surface area contributed by atoms with E-state index in [1.807, 2.05) is 24.3 Å². The molecule has 0 saturated carbocycles. The van der Waals surface area contributed by atoms with E-state index in [1.165, 1.54) is 49.6 Å². The van der Waals surface area contributed by atoms with Crippen molar-refractivity contribution in [2.24, 2.45) is 0 Å². The first-order valence-electron chi connectivity index (χ1n) is 20.3. The fraction of sp³-hybridized carbons (Fsp3) is 0.0357. The summed E-state index contributed by atoms with van der Waals surface area (Å²) < 4.78 is 7.23. The van der Waals surface area contributed by atoms with Crippen LogP contribution in [0.5, 0.6) is 5.75 Å². The molecule has 0 saturated heterocycles. The van der Waals surface area contributed by atoms with Crippen LogP contribution in [0.15, 0.2) is 206 Å². The summed E-state index contributed by atoms with van der Waals surface area (Å²) in [5.41, 5.74) is 14.1. The van der Waals surface area contributed by atoms with Gasteiger partial charge in [0, 0.05) is 38.4 Å². The van der Waals surface area contributed by atoms with Gasteiger partial charge in [-0.3, -0.25) is 0 Å². The first-order valence-corrected chi connectivity index (χ1v) is 20.3. The summed E-state index contributed by atoms with van der Waals surface area (Å²) in [6.45, 7) is 0. The molecule has 1 unspecified atom stereocenters. The Labute approximate surface area is 342 Å². The van der Waals surface area contributed by atoms with Gasteiger partial charge in [0.15, 0.2) is 5.82 Å². The SMILES string of the molecule is C1=C2C(=c3ccccc3=CC1)Oc1c(ccc3ccccc13)C21c2ccccc2-c2c(-c3ccc(-c4cc(-c5ccccc5)nc(-c5ccccc5)n4)cc3)cccc21. The standard InChI is InChI=1S/C56H36N2O/c1-3-17-39(18-4-1)50-35-51(58-55(57-50)41-19-5-2-6-20-41)40-31-29-38(30-32-40)42-25-14-27-47-52(42)45-24-11-12-26-46(45)56(47)48-28-13-21-36-15-7-9-22-43(36)53(48)59-54-44-23-10-8-16-37(44)33-34-49(54)56/h1-12,14-35H,13H2. The molecule has 0 amide bonds. The Kier molecular flexibility index (Phi) is 7.51. The molecule has 9 aromatic rings. The van der Waals surface area contributed by atoms with Gasteiger partial charge in [-0.25, -0.2) is 9.97 Å². The van der Waals surface area contributed by atoms with Crippen LogP contribution in [0.25, 0.3) is 78.8 Å². The normalized spacial score (nSPS) is 15.8. The van der Waals surface area contributed by atoms with E-state index in [9.17, 15) is 0 Å². The maximum absolute atomic E-state index is 7.23. The molecule has 0 radical (unpaired) electrons. The number of nitrogens with zero attached hydrogens (tertiary/aromatic N) is 2. The van der Waals surface area contributed by atoms with Crippen LogP contribution in [0.3, 0.4) is 0 Å². The largest absolute Gasteiger partial charge is 0.455 e. The quantitative estimate of drug-likeness (QED) is 0.180. The molecular weight excluding hydrogens is 717 g/mol. The molecule has 1 spiro atoms. The van der Waals surface area contributed by atoms with Crippen LogP contribution >= 0.6 is 0 Å². The lowest BCUT2D eigenvalue weighted by Gasteiger charge is -2.41. The Bertz CT molecular complexity index is 3260. The van der Waals surface area contributed by atoms with Gasteiger partial charge >= 0.3 is 0 Å². The Morgan fingerprint density at radius 2 is 1.10 bits per heavy atom. The second-order valence-corrected chi connectivity index (χ2v) is 15.5. The van der Waals surface area contributed by atoms with Crippen molar-refractivity contribution in [3.8, 4) is 61.9 Å². The van der Waals surface area contributed by atoms with Crippen LogP contribution in [-0.4, -0.2) is 9.97 Å². The van der Waals surface area contributed by atoms with E-state index in [1.54, 1.807) is 0 Å². The summed E-state index contributed by atoms with van der Waals surface area (Å²) in [5, 5.41) is 4.61. The van der Waals surface area contributed by atoms with E-state index in [0.29, 0.717) is 5.82 Å². The monoisotopic (exact) mass is 752 g/mol. The highest BCUT2D eigenvalue weighted by Gasteiger charge is 2.53. The number of benzene rings is 8. The van der Waals surface area contributed by atoms with Crippen LogP contribution in [0.4, 0.5) is 0 Å². The van der Waals surface area contributed by atoms with E-state index in [0.717, 1.165) is 62.2 Å². The van der Waals surface area contributed by atoms with Gasteiger partial charge in [-0.2, -0.15) is 0 Å². The Hall–Kier alpha value is -7.62. The van der Waals surface area contributed by atoms with Crippen molar-refractivity contribution in [2.45, 2.75) is 11.8 Å². The number of hydrogen-bond donors (Lipinski definition) is 0. The zero-order valence-corrected chi connectivity index (χ0v) is 32.1. The average molecular weight is 753 g/mol. The van der Waals surface area contributed by atoms with Gasteiger partial charge in [0.1, 0.15) is 11.5 Å². The summed E-state index contributed by atoms with van der Waals surface area (Å²) in [6, 6.07) is 69.4. The Balaban J connectivity index is 1.07. The molecule has 2 heterocycles. The summed E-state index contributed by atoms with van der Waals surface area (Å²) in [4.78, 5) is 10.1. The summed E-state index contributed by atoms with van der Waals surface area (Å²) in [6.07, 6.45) is 5.55. The van der Waals surface area contributed by atoms with Crippen molar-refractivity contribution in [2.75, 3.05) is 0 Å². The minimum atomic E-state index is -0.594. The van der Waals surface area contributed by atoms with Crippen molar-refractivity contribution in [3.05, 3.63) is 233 Å². The van der Waals surface area contributed by atoms with Gasteiger partial charge in [-0.05, 0) is 56.5 Å². The third-order valence-electron chi connectivity index (χ3n) is 12.4. The molecule has 12 rings (SSSR count). The second-order valence-electron chi connectivity index (χ2n) is 15.5. The predicted molar refractivity (Wildman–Crippen MR) is 240 cm³/mol. The lowest BCUT2D eigenvalue weighted by molar-refractivity contribution is 0.464. The Morgan fingerprint density at radius 3 is 1.93 bits per heavy atom. The molecule has 1 aliphatic heterocycles. The Morgan fingerprint density at radius 1 is 0.458 bits per heavy atom. The molecular formula is C56H36N2O. The van der Waals surface area contributed by atoms with Crippen LogP contribution in [0.1, 0.15) is 23.1 Å². The molecule has 8 aromatic carbocycles. The highest BCUT2D eigenvalue weighted by atomic mass is 16.5. The summed E-state index contributed by atoms with van der Waals surface area (Å²) in [5.74, 6) is 2.58. The maximum Gasteiger partial charge on any atom is 0.160 e.